The Hall–Kier alpha value is -1.50. The van der Waals surface area contributed by atoms with E-state index in [0.29, 0.717) is 11.6 Å². The molecule has 86 valence electrons. The molecule has 0 radical (unpaired) electrons. The molecule has 0 bridgehead atoms. The first-order valence-corrected chi connectivity index (χ1v) is 5.96. The van der Waals surface area contributed by atoms with Gasteiger partial charge < -0.3 is 10.6 Å². The summed E-state index contributed by atoms with van der Waals surface area (Å²) in [6.07, 6.45) is 0.832. The predicted molar refractivity (Wildman–Crippen MR) is 61.4 cm³/mol. The van der Waals surface area contributed by atoms with E-state index in [9.17, 15) is 9.59 Å². The molecule has 1 aliphatic rings. The standard InChI is InChI=1S/C9H12N4O2S/c1-2-5-3-7(13-12-5)11-8(14)6-4-16-9(15)10-6/h3,6H,2,4H2,1H3,(H,10,15)(H2,11,12,13,14). The van der Waals surface area contributed by atoms with Gasteiger partial charge in [0.1, 0.15) is 6.04 Å². The number of aryl methyl sites for hydroxylation is 1. The number of H-pyrrole nitrogens is 1. The van der Waals surface area contributed by atoms with Crippen molar-refractivity contribution < 1.29 is 9.59 Å². The van der Waals surface area contributed by atoms with Crippen molar-refractivity contribution in [2.24, 2.45) is 0 Å². The van der Waals surface area contributed by atoms with Crippen LogP contribution in [0.3, 0.4) is 0 Å². The molecule has 1 fully saturated rings. The molecule has 1 unspecified atom stereocenters. The number of aromatic nitrogens is 2. The van der Waals surface area contributed by atoms with Crippen LogP contribution in [-0.4, -0.2) is 33.1 Å². The number of carbonyl (C=O) groups excluding carboxylic acids is 2. The van der Waals surface area contributed by atoms with Crippen molar-refractivity contribution in [3.63, 3.8) is 0 Å². The van der Waals surface area contributed by atoms with E-state index in [1.807, 2.05) is 6.92 Å². The highest BCUT2D eigenvalue weighted by Crippen LogP contribution is 2.14. The lowest BCUT2D eigenvalue weighted by Crippen LogP contribution is -2.38. The van der Waals surface area contributed by atoms with E-state index >= 15 is 0 Å². The van der Waals surface area contributed by atoms with Gasteiger partial charge in [0, 0.05) is 17.5 Å². The zero-order valence-corrected chi connectivity index (χ0v) is 9.56. The number of hydrogen-bond acceptors (Lipinski definition) is 4. The minimum atomic E-state index is -0.459. The summed E-state index contributed by atoms with van der Waals surface area (Å²) < 4.78 is 0. The number of nitrogens with zero attached hydrogens (tertiary/aromatic N) is 1. The second-order valence-electron chi connectivity index (χ2n) is 3.42. The van der Waals surface area contributed by atoms with Crippen molar-refractivity contribution in [2.75, 3.05) is 11.1 Å². The van der Waals surface area contributed by atoms with E-state index < -0.39 is 6.04 Å². The molecular formula is C9H12N4O2S. The number of carbonyl (C=O) groups is 2. The monoisotopic (exact) mass is 240 g/mol. The van der Waals surface area contributed by atoms with Gasteiger partial charge in [0.2, 0.25) is 5.91 Å². The fourth-order valence-corrected chi connectivity index (χ4v) is 2.12. The lowest BCUT2D eigenvalue weighted by molar-refractivity contribution is -0.117. The molecule has 1 aliphatic heterocycles. The fraction of sp³-hybridized carbons (Fsp3) is 0.444. The SMILES string of the molecule is CCc1cc(NC(=O)C2CSC(=O)N2)n[nH]1. The van der Waals surface area contributed by atoms with Crippen LogP contribution < -0.4 is 10.6 Å². The van der Waals surface area contributed by atoms with Gasteiger partial charge in [0.25, 0.3) is 5.24 Å². The van der Waals surface area contributed by atoms with Crippen molar-refractivity contribution >= 4 is 28.7 Å². The Balaban J connectivity index is 1.94. The largest absolute Gasteiger partial charge is 0.334 e. The van der Waals surface area contributed by atoms with Crippen LogP contribution in [0.2, 0.25) is 0 Å². The first-order valence-electron chi connectivity index (χ1n) is 4.97. The van der Waals surface area contributed by atoms with Crippen LogP contribution in [0.5, 0.6) is 0 Å². The Morgan fingerprint density at radius 3 is 3.12 bits per heavy atom. The Morgan fingerprint density at radius 2 is 2.56 bits per heavy atom. The second kappa shape index (κ2) is 4.56. The number of anilines is 1. The topological polar surface area (TPSA) is 86.9 Å². The summed E-state index contributed by atoms with van der Waals surface area (Å²) in [5.74, 6) is 0.732. The first kappa shape index (κ1) is 11.0. The number of amides is 2. The smallest absolute Gasteiger partial charge is 0.279 e. The molecular weight excluding hydrogens is 228 g/mol. The summed E-state index contributed by atoms with van der Waals surface area (Å²) in [4.78, 5) is 22.6. The highest BCUT2D eigenvalue weighted by atomic mass is 32.2. The average molecular weight is 240 g/mol. The van der Waals surface area contributed by atoms with Crippen molar-refractivity contribution in [2.45, 2.75) is 19.4 Å². The van der Waals surface area contributed by atoms with Gasteiger partial charge in [-0.05, 0) is 6.42 Å². The van der Waals surface area contributed by atoms with Gasteiger partial charge in [-0.3, -0.25) is 14.7 Å². The molecule has 6 nitrogen and oxygen atoms in total. The molecule has 1 saturated heterocycles. The Labute approximate surface area is 96.6 Å². The quantitative estimate of drug-likeness (QED) is 0.727. The Kier molecular flexibility index (Phi) is 3.14. The van der Waals surface area contributed by atoms with E-state index in [2.05, 4.69) is 20.8 Å². The summed E-state index contributed by atoms with van der Waals surface area (Å²) in [5.41, 5.74) is 0.958. The van der Waals surface area contributed by atoms with Gasteiger partial charge in [-0.1, -0.05) is 18.7 Å². The molecule has 2 heterocycles. The van der Waals surface area contributed by atoms with Gasteiger partial charge >= 0.3 is 0 Å². The van der Waals surface area contributed by atoms with Crippen LogP contribution in [0.1, 0.15) is 12.6 Å². The predicted octanol–water partition coefficient (Wildman–Crippen LogP) is 0.736. The van der Waals surface area contributed by atoms with Gasteiger partial charge in [0.15, 0.2) is 5.82 Å². The first-order chi connectivity index (χ1) is 7.69. The molecule has 1 atom stereocenters. The molecule has 16 heavy (non-hydrogen) atoms. The normalized spacial score (nSPS) is 19.6. The van der Waals surface area contributed by atoms with E-state index in [4.69, 9.17) is 0 Å². The molecule has 0 aliphatic carbocycles. The van der Waals surface area contributed by atoms with Crippen molar-refractivity contribution in [3.05, 3.63) is 11.8 Å². The molecule has 1 aromatic heterocycles. The molecule has 7 heteroatoms. The lowest BCUT2D eigenvalue weighted by Gasteiger charge is -2.07. The highest BCUT2D eigenvalue weighted by Gasteiger charge is 2.28. The second-order valence-corrected chi connectivity index (χ2v) is 4.41. The summed E-state index contributed by atoms with van der Waals surface area (Å²) in [6, 6.07) is 1.32. The maximum Gasteiger partial charge on any atom is 0.279 e. The summed E-state index contributed by atoms with van der Waals surface area (Å²) in [7, 11) is 0. The van der Waals surface area contributed by atoms with Crippen LogP contribution in [0.25, 0.3) is 0 Å². The third-order valence-corrected chi connectivity index (χ3v) is 3.13. The van der Waals surface area contributed by atoms with E-state index in [1.165, 1.54) is 0 Å². The van der Waals surface area contributed by atoms with Crippen molar-refractivity contribution in [1.82, 2.24) is 15.5 Å². The van der Waals surface area contributed by atoms with Crippen molar-refractivity contribution in [3.8, 4) is 0 Å². The molecule has 0 aromatic carbocycles. The summed E-state index contributed by atoms with van der Waals surface area (Å²) in [5, 5.41) is 11.8. The molecule has 1 aromatic rings. The molecule has 2 amide bonds. The third kappa shape index (κ3) is 2.35. The summed E-state index contributed by atoms with van der Waals surface area (Å²) in [6.45, 7) is 1.99. The van der Waals surface area contributed by atoms with Gasteiger partial charge in [-0.2, -0.15) is 5.10 Å². The number of nitrogens with one attached hydrogen (secondary N) is 3. The summed E-state index contributed by atoms with van der Waals surface area (Å²) >= 11 is 1.11. The maximum atomic E-state index is 11.7. The van der Waals surface area contributed by atoms with E-state index in [0.717, 1.165) is 23.9 Å². The van der Waals surface area contributed by atoms with Gasteiger partial charge in [-0.15, -0.1) is 0 Å². The van der Waals surface area contributed by atoms with E-state index in [1.54, 1.807) is 6.07 Å². The highest BCUT2D eigenvalue weighted by molar-refractivity contribution is 8.14. The Bertz CT molecular complexity index is 417. The zero-order chi connectivity index (χ0) is 11.5. The molecule has 0 spiro atoms. The van der Waals surface area contributed by atoms with Crippen LogP contribution in [0, 0.1) is 0 Å². The third-order valence-electron chi connectivity index (χ3n) is 2.25. The zero-order valence-electron chi connectivity index (χ0n) is 8.74. The maximum absolute atomic E-state index is 11.7. The van der Waals surface area contributed by atoms with Crippen LogP contribution >= 0.6 is 11.8 Å². The minimum Gasteiger partial charge on any atom is -0.334 e. The number of aromatic amines is 1. The number of rotatable bonds is 3. The minimum absolute atomic E-state index is 0.156. The number of hydrogen-bond donors (Lipinski definition) is 3. The van der Waals surface area contributed by atoms with Crippen molar-refractivity contribution in [1.29, 1.82) is 0 Å². The molecule has 2 rings (SSSR count). The average Bonchev–Trinajstić information content (AvgIpc) is 2.87. The van der Waals surface area contributed by atoms with Gasteiger partial charge in [0.05, 0.1) is 0 Å². The van der Waals surface area contributed by atoms with Gasteiger partial charge in [-0.25, -0.2) is 0 Å². The van der Waals surface area contributed by atoms with Crippen LogP contribution in [0.4, 0.5) is 10.6 Å². The van der Waals surface area contributed by atoms with E-state index in [-0.39, 0.29) is 11.1 Å². The fourth-order valence-electron chi connectivity index (χ4n) is 1.35. The van der Waals surface area contributed by atoms with Crippen LogP contribution in [0.15, 0.2) is 6.07 Å². The Morgan fingerprint density at radius 1 is 1.75 bits per heavy atom. The number of thioether (sulfide) groups is 1. The molecule has 0 saturated carbocycles. The molecule has 3 N–H and O–H groups in total. The van der Waals surface area contributed by atoms with Crippen LogP contribution in [-0.2, 0) is 11.2 Å². The lowest BCUT2D eigenvalue weighted by atomic mass is 10.3.